The van der Waals surface area contributed by atoms with Crippen molar-refractivity contribution < 1.29 is 27.5 Å². The van der Waals surface area contributed by atoms with E-state index in [9.17, 15) is 4.89 Å². The Bertz CT molecular complexity index is 1660. The maximum Gasteiger partial charge on any atom is 0.515 e. The number of rotatable bonds is 10. The molecule has 1 fully saturated rings. The molecule has 2 unspecified atom stereocenters. The molecular weight excluding hydrogens is 663 g/mol. The van der Waals surface area contributed by atoms with Gasteiger partial charge in [0.15, 0.2) is 28.7 Å². The minimum absolute atomic E-state index is 0.458. The van der Waals surface area contributed by atoms with Gasteiger partial charge >= 0.3 is 23.8 Å². The summed E-state index contributed by atoms with van der Waals surface area (Å²) in [5, 5.41) is 2.42. The summed E-state index contributed by atoms with van der Waals surface area (Å²) < 4.78 is 36.7. The summed E-state index contributed by atoms with van der Waals surface area (Å²) in [4.78, 5) is 16.3. The number of nitrogens with one attached hydrogen (secondary N) is 2. The molecule has 0 bridgehead atoms. The van der Waals surface area contributed by atoms with Gasteiger partial charge in [-0.15, -0.1) is 0 Å². The summed E-state index contributed by atoms with van der Waals surface area (Å²) in [5.41, 5.74) is 0. The lowest BCUT2D eigenvalue weighted by atomic mass is 10.3. The summed E-state index contributed by atoms with van der Waals surface area (Å²) in [6.45, 7) is 5.91. The van der Waals surface area contributed by atoms with E-state index in [2.05, 4.69) is 14.6 Å². The minimum Gasteiger partial charge on any atom is -0.288 e. The zero-order chi connectivity index (χ0) is 33.7. The van der Waals surface area contributed by atoms with E-state index in [0.717, 1.165) is 0 Å². The van der Waals surface area contributed by atoms with Crippen LogP contribution in [-0.4, -0.2) is 27.7 Å². The zero-order valence-corrected chi connectivity index (χ0v) is 30.0. The highest BCUT2D eigenvalue weighted by Gasteiger charge is 2.80. The van der Waals surface area contributed by atoms with Crippen LogP contribution in [0.2, 0.25) is 0 Å². The topological polar surface area (TPSA) is 93.7 Å². The van der Waals surface area contributed by atoms with E-state index in [1.54, 1.807) is 12.1 Å². The van der Waals surface area contributed by atoms with Crippen molar-refractivity contribution in [3.05, 3.63) is 152 Å². The van der Waals surface area contributed by atoms with Gasteiger partial charge < -0.3 is 0 Å². The van der Waals surface area contributed by atoms with Gasteiger partial charge in [-0.05, 0) is 67.6 Å². The van der Waals surface area contributed by atoms with E-state index >= 15 is 0 Å². The summed E-state index contributed by atoms with van der Waals surface area (Å²) in [7, 11) is -8.83. The first kappa shape index (κ1) is 34.1. The Morgan fingerprint density at radius 3 is 1.21 bits per heavy atom. The van der Waals surface area contributed by atoms with Gasteiger partial charge in [-0.2, -0.15) is 4.89 Å². The molecule has 3 N–H and O–H groups in total. The molecule has 5 aromatic rings. The van der Waals surface area contributed by atoms with E-state index in [-0.39, 0.29) is 0 Å². The van der Waals surface area contributed by atoms with Gasteiger partial charge in [0, 0.05) is 20.9 Å². The number of para-hydroxylation sites is 5. The van der Waals surface area contributed by atoms with Crippen LogP contribution >= 0.6 is 23.8 Å². The zero-order valence-electron chi connectivity index (χ0n) is 27.3. The SMILES string of the molecule is CC1N(C)[P+](Oc2ccccc2)(Oc2ccccc2)C(C)(C)N[P+](O)(Oc2ccccc2)N[P+]1(Oc1ccccc1)Oc1ccccc1. The van der Waals surface area contributed by atoms with Gasteiger partial charge in [0.2, 0.25) is 11.1 Å². The van der Waals surface area contributed by atoms with Gasteiger partial charge in [0.25, 0.3) is 0 Å². The third-order valence-corrected chi connectivity index (χ3v) is 17.6. The lowest BCUT2D eigenvalue weighted by Crippen LogP contribution is -2.58. The first-order valence-electron chi connectivity index (χ1n) is 15.6. The smallest absolute Gasteiger partial charge is 0.288 e. The second kappa shape index (κ2) is 14.4. The molecule has 9 nitrogen and oxygen atoms in total. The fourth-order valence-electron chi connectivity index (χ4n) is 5.36. The lowest BCUT2D eigenvalue weighted by Gasteiger charge is -2.44. The Kier molecular flexibility index (Phi) is 10.2. The standard InChI is InChI=1S/C36H41N3O6P3/c1-30-39(4)47(43-33-24-14-7-15-25-33,44-34-26-16-8-17-27-34)36(2,3)37-48(40,45-35-28-18-9-19-29-35)38-46(30,41-31-20-10-5-11-21-31)42-32-22-12-6-13-23-32/h5-30,37-38,40H,1-4H3/q+3. The predicted molar refractivity (Wildman–Crippen MR) is 196 cm³/mol. The highest BCUT2D eigenvalue weighted by atomic mass is 31.3. The molecule has 1 aliphatic rings. The summed E-state index contributed by atoms with van der Waals surface area (Å²) in [6.07, 6.45) is 0. The fraction of sp³-hybridized carbons (Fsp3) is 0.167. The van der Waals surface area contributed by atoms with E-state index in [1.807, 2.05) is 167 Å². The minimum atomic E-state index is -3.89. The molecule has 0 aliphatic carbocycles. The lowest BCUT2D eigenvalue weighted by molar-refractivity contribution is 0.281. The van der Waals surface area contributed by atoms with E-state index < -0.39 is 34.8 Å². The van der Waals surface area contributed by atoms with E-state index in [0.29, 0.717) is 28.7 Å². The molecule has 0 radical (unpaired) electrons. The van der Waals surface area contributed by atoms with Gasteiger partial charge in [-0.1, -0.05) is 101 Å². The van der Waals surface area contributed by atoms with Crippen molar-refractivity contribution >= 4 is 23.8 Å². The maximum absolute atomic E-state index is 12.8. The molecule has 5 aromatic carbocycles. The normalized spacial score (nSPS) is 21.6. The van der Waals surface area contributed by atoms with E-state index in [1.165, 1.54) is 0 Å². The Morgan fingerprint density at radius 1 is 0.542 bits per heavy atom. The van der Waals surface area contributed by atoms with Crippen LogP contribution in [0.1, 0.15) is 20.8 Å². The van der Waals surface area contributed by atoms with Crippen LogP contribution < -0.4 is 32.6 Å². The molecule has 0 spiro atoms. The molecule has 12 heteroatoms. The van der Waals surface area contributed by atoms with Crippen molar-refractivity contribution in [3.63, 3.8) is 0 Å². The third-order valence-electron chi connectivity index (χ3n) is 7.75. The van der Waals surface area contributed by atoms with Crippen LogP contribution in [0.5, 0.6) is 28.7 Å². The van der Waals surface area contributed by atoms with Crippen LogP contribution in [0, 0.1) is 0 Å². The fourth-order valence-corrected chi connectivity index (χ4v) is 15.6. The highest BCUT2D eigenvalue weighted by Crippen LogP contribution is 2.80. The Labute approximate surface area is 284 Å². The monoisotopic (exact) mass is 704 g/mol. The van der Waals surface area contributed by atoms with E-state index in [4.69, 9.17) is 22.6 Å². The van der Waals surface area contributed by atoms with Crippen LogP contribution in [0.15, 0.2) is 152 Å². The van der Waals surface area contributed by atoms with Gasteiger partial charge in [-0.3, -0.25) is 22.6 Å². The number of benzene rings is 5. The first-order valence-corrected chi connectivity index (χ1v) is 20.5. The predicted octanol–water partition coefficient (Wildman–Crippen LogP) is 9.78. The van der Waals surface area contributed by atoms with Crippen LogP contribution in [0.4, 0.5) is 0 Å². The van der Waals surface area contributed by atoms with Crippen molar-refractivity contribution in [1.82, 2.24) is 14.6 Å². The van der Waals surface area contributed by atoms with Gasteiger partial charge in [-0.25, -0.2) is 0 Å². The molecule has 1 aliphatic heterocycles. The van der Waals surface area contributed by atoms with Gasteiger partial charge in [0.1, 0.15) is 0 Å². The average molecular weight is 705 g/mol. The second-order valence-corrected chi connectivity index (χ2v) is 19.5. The van der Waals surface area contributed by atoms with Crippen LogP contribution in [-0.2, 0) is 0 Å². The first-order chi connectivity index (χ1) is 23.1. The second-order valence-electron chi connectivity index (χ2n) is 11.7. The average Bonchev–Trinajstić information content (AvgIpc) is 3.08. The largest absolute Gasteiger partial charge is 0.515 e. The molecule has 1 heterocycles. The molecular formula is C36H41N3O6P3+3. The summed E-state index contributed by atoms with van der Waals surface area (Å²) >= 11 is 0. The Balaban J connectivity index is 1.59. The molecule has 48 heavy (non-hydrogen) atoms. The van der Waals surface area contributed by atoms with Crippen molar-refractivity contribution in [2.45, 2.75) is 31.8 Å². The third kappa shape index (κ3) is 7.44. The van der Waals surface area contributed by atoms with Crippen molar-refractivity contribution in [2.75, 3.05) is 7.05 Å². The van der Waals surface area contributed by atoms with Crippen LogP contribution in [0.25, 0.3) is 0 Å². The quantitative estimate of drug-likeness (QED) is 0.123. The summed E-state index contributed by atoms with van der Waals surface area (Å²) in [6, 6.07) is 47.2. The molecule has 6 rings (SSSR count). The van der Waals surface area contributed by atoms with Crippen molar-refractivity contribution in [2.24, 2.45) is 0 Å². The molecule has 0 saturated carbocycles. The number of hydrogen-bond donors (Lipinski definition) is 3. The van der Waals surface area contributed by atoms with Gasteiger partial charge in [0.05, 0.1) is 4.86 Å². The summed E-state index contributed by atoms with van der Waals surface area (Å²) in [5.74, 6) is 2.18. The molecule has 2 atom stereocenters. The van der Waals surface area contributed by atoms with Crippen molar-refractivity contribution in [3.8, 4) is 28.7 Å². The number of nitrogens with zero attached hydrogens (tertiary/aromatic N) is 1. The number of hydrogen-bond acceptors (Lipinski definition) is 9. The van der Waals surface area contributed by atoms with Crippen LogP contribution in [0.3, 0.4) is 0 Å². The molecule has 0 amide bonds. The Hall–Kier alpha value is -3.77. The maximum atomic E-state index is 12.8. The molecule has 0 aromatic heterocycles. The molecule has 1 saturated heterocycles. The Morgan fingerprint density at radius 2 is 0.854 bits per heavy atom. The van der Waals surface area contributed by atoms with Crippen molar-refractivity contribution in [1.29, 1.82) is 0 Å². The highest BCUT2D eigenvalue weighted by molar-refractivity contribution is 7.81. The molecule has 248 valence electrons.